The van der Waals surface area contributed by atoms with Crippen molar-refractivity contribution < 1.29 is 29.4 Å². The van der Waals surface area contributed by atoms with Crippen LogP contribution in [0.1, 0.15) is 24.0 Å². The number of rotatable bonds is 10. The Morgan fingerprint density at radius 1 is 1.26 bits per heavy atom. The molecule has 0 aliphatic heterocycles. The van der Waals surface area contributed by atoms with Crippen LogP contribution >= 0.6 is 0 Å². The van der Waals surface area contributed by atoms with Gasteiger partial charge in [0.05, 0.1) is 0 Å². The Bertz CT molecular complexity index is 545. The summed E-state index contributed by atoms with van der Waals surface area (Å²) in [7, 11) is 0. The molecule has 0 heterocycles. The first kappa shape index (κ1) is 18.4. The summed E-state index contributed by atoms with van der Waals surface area (Å²) >= 11 is 0. The minimum atomic E-state index is -1.16. The molecule has 0 aromatic heterocycles. The van der Waals surface area contributed by atoms with Crippen molar-refractivity contribution >= 4 is 11.9 Å². The van der Waals surface area contributed by atoms with Crippen LogP contribution in [-0.4, -0.2) is 34.8 Å². The number of ether oxygens (including phenoxy) is 1. The van der Waals surface area contributed by atoms with Crippen molar-refractivity contribution in [1.82, 2.24) is 0 Å². The fraction of sp³-hybridized carbons (Fsp3) is 0.429. The Labute approximate surface area is 132 Å². The highest BCUT2D eigenvalue weighted by atomic mass is 16.9. The lowest BCUT2D eigenvalue weighted by atomic mass is 10.1. The lowest BCUT2D eigenvalue weighted by Crippen LogP contribution is -2.30. The zero-order valence-electron chi connectivity index (χ0n) is 12.3. The van der Waals surface area contributed by atoms with Gasteiger partial charge in [0.2, 0.25) is 0 Å². The van der Waals surface area contributed by atoms with Gasteiger partial charge in [0.1, 0.15) is 19.3 Å². The van der Waals surface area contributed by atoms with Crippen LogP contribution in [0.5, 0.6) is 0 Å². The van der Waals surface area contributed by atoms with Crippen molar-refractivity contribution in [1.29, 1.82) is 0 Å². The molecule has 9 nitrogen and oxygen atoms in total. The van der Waals surface area contributed by atoms with Crippen LogP contribution in [0.25, 0.3) is 0 Å². The average molecular weight is 326 g/mol. The Kier molecular flexibility index (Phi) is 7.48. The summed E-state index contributed by atoms with van der Waals surface area (Å²) in [6.45, 7) is 0.0397. The molecule has 0 unspecified atom stereocenters. The van der Waals surface area contributed by atoms with Crippen molar-refractivity contribution in [3.05, 3.63) is 45.5 Å². The van der Waals surface area contributed by atoms with E-state index in [1.807, 2.05) is 0 Å². The van der Waals surface area contributed by atoms with Gasteiger partial charge in [-0.3, -0.25) is 9.59 Å². The van der Waals surface area contributed by atoms with Gasteiger partial charge in [0.15, 0.2) is 0 Å². The zero-order chi connectivity index (χ0) is 17.2. The second-order valence-electron chi connectivity index (χ2n) is 4.77. The Hall–Kier alpha value is -2.68. The first-order valence-corrected chi connectivity index (χ1v) is 6.87. The van der Waals surface area contributed by atoms with E-state index in [1.54, 1.807) is 24.3 Å². The molecule has 3 N–H and O–H groups in total. The summed E-state index contributed by atoms with van der Waals surface area (Å²) < 4.78 is 5.01. The van der Waals surface area contributed by atoms with Gasteiger partial charge in [0.25, 0.3) is 5.09 Å². The molecular formula is C14H18N2O7. The molecule has 0 radical (unpaired) electrons. The van der Waals surface area contributed by atoms with Crippen LogP contribution in [0.3, 0.4) is 0 Å². The van der Waals surface area contributed by atoms with E-state index in [2.05, 4.69) is 4.84 Å². The minimum Gasteiger partial charge on any atom is -0.480 e. The van der Waals surface area contributed by atoms with Crippen LogP contribution in [0.4, 0.5) is 0 Å². The quantitative estimate of drug-likeness (QED) is 0.363. The summed E-state index contributed by atoms with van der Waals surface area (Å²) in [6, 6.07) is 5.90. The second kappa shape index (κ2) is 9.36. The third-order valence-electron chi connectivity index (χ3n) is 2.99. The van der Waals surface area contributed by atoms with Gasteiger partial charge in [-0.2, -0.15) is 0 Å². The molecule has 0 amide bonds. The van der Waals surface area contributed by atoms with Crippen molar-refractivity contribution in [2.45, 2.75) is 31.9 Å². The molecule has 126 valence electrons. The molecule has 1 rings (SSSR count). The molecule has 1 aromatic rings. The molecule has 0 spiro atoms. The molecule has 0 saturated carbocycles. The number of carbonyl (C=O) groups is 2. The van der Waals surface area contributed by atoms with E-state index < -0.39 is 23.1 Å². The first-order valence-electron chi connectivity index (χ1n) is 6.87. The van der Waals surface area contributed by atoms with Crippen molar-refractivity contribution in [2.75, 3.05) is 6.61 Å². The maximum Gasteiger partial charge on any atom is 0.320 e. The summed E-state index contributed by atoms with van der Waals surface area (Å²) in [6.07, 6.45) is 0.349. The van der Waals surface area contributed by atoms with Crippen LogP contribution in [-0.2, 0) is 32.2 Å². The molecular weight excluding hydrogens is 308 g/mol. The lowest BCUT2D eigenvalue weighted by molar-refractivity contribution is -0.757. The predicted molar refractivity (Wildman–Crippen MR) is 77.7 cm³/mol. The Morgan fingerprint density at radius 3 is 2.43 bits per heavy atom. The third-order valence-corrected chi connectivity index (χ3v) is 2.99. The van der Waals surface area contributed by atoms with Gasteiger partial charge in [-0.15, -0.1) is 10.1 Å². The number of aliphatic carboxylic acids is 1. The second-order valence-corrected chi connectivity index (χ2v) is 4.77. The maximum absolute atomic E-state index is 11.5. The van der Waals surface area contributed by atoms with Crippen LogP contribution in [0.2, 0.25) is 0 Å². The number of benzene rings is 1. The van der Waals surface area contributed by atoms with E-state index in [4.69, 9.17) is 15.6 Å². The van der Waals surface area contributed by atoms with E-state index in [-0.39, 0.29) is 26.1 Å². The summed E-state index contributed by atoms with van der Waals surface area (Å²) in [5.41, 5.74) is 6.89. The average Bonchev–Trinajstić information content (AvgIpc) is 2.51. The summed E-state index contributed by atoms with van der Waals surface area (Å²) in [5.74, 6) is -1.68. The van der Waals surface area contributed by atoms with Crippen molar-refractivity contribution in [2.24, 2.45) is 5.73 Å². The van der Waals surface area contributed by atoms with Crippen LogP contribution < -0.4 is 5.73 Å². The zero-order valence-corrected chi connectivity index (χ0v) is 12.3. The fourth-order valence-corrected chi connectivity index (χ4v) is 1.67. The molecule has 0 saturated heterocycles. The highest BCUT2D eigenvalue weighted by molar-refractivity contribution is 5.75. The smallest absolute Gasteiger partial charge is 0.320 e. The molecule has 23 heavy (non-hydrogen) atoms. The van der Waals surface area contributed by atoms with E-state index in [0.717, 1.165) is 11.1 Å². The minimum absolute atomic E-state index is 0.0174. The van der Waals surface area contributed by atoms with E-state index in [9.17, 15) is 19.7 Å². The van der Waals surface area contributed by atoms with Gasteiger partial charge in [-0.1, -0.05) is 24.3 Å². The number of carboxylic acids is 1. The number of hydrogen-bond donors (Lipinski definition) is 2. The van der Waals surface area contributed by atoms with E-state index in [1.165, 1.54) is 0 Å². The SMILES string of the molecule is N[C@@H](CCC(=O)OCc1ccc(CCO[N+](=O)[O-])cc1)C(=O)O. The van der Waals surface area contributed by atoms with E-state index in [0.29, 0.717) is 6.42 Å². The van der Waals surface area contributed by atoms with Gasteiger partial charge < -0.3 is 20.4 Å². The highest BCUT2D eigenvalue weighted by Crippen LogP contribution is 2.08. The molecule has 0 aliphatic carbocycles. The lowest BCUT2D eigenvalue weighted by Gasteiger charge is -2.08. The van der Waals surface area contributed by atoms with Crippen LogP contribution in [0.15, 0.2) is 24.3 Å². The Morgan fingerprint density at radius 2 is 1.87 bits per heavy atom. The van der Waals surface area contributed by atoms with Gasteiger partial charge in [-0.05, 0) is 24.0 Å². The van der Waals surface area contributed by atoms with Crippen LogP contribution in [0, 0.1) is 10.1 Å². The number of nitrogens with two attached hydrogens (primary N) is 1. The topological polar surface area (TPSA) is 142 Å². The maximum atomic E-state index is 11.5. The molecule has 0 fully saturated rings. The highest BCUT2D eigenvalue weighted by Gasteiger charge is 2.14. The predicted octanol–water partition coefficient (Wildman–Crippen LogP) is 0.673. The van der Waals surface area contributed by atoms with Crippen molar-refractivity contribution in [3.63, 3.8) is 0 Å². The standard InChI is InChI=1S/C14H18N2O7/c15-12(14(18)19)5-6-13(17)22-9-11-3-1-10(2-4-11)7-8-23-16(20)21/h1-4,12H,5-9,15H2,(H,18,19)/t12-/m0/s1. The monoisotopic (exact) mass is 326 g/mol. The Balaban J connectivity index is 2.30. The van der Waals surface area contributed by atoms with E-state index >= 15 is 0 Å². The molecule has 0 bridgehead atoms. The normalized spacial score (nSPS) is 11.5. The summed E-state index contributed by atoms with van der Waals surface area (Å²) in [4.78, 5) is 36.2. The van der Waals surface area contributed by atoms with Gasteiger partial charge >= 0.3 is 11.9 Å². The molecule has 1 atom stereocenters. The molecule has 9 heteroatoms. The van der Waals surface area contributed by atoms with Gasteiger partial charge in [-0.25, -0.2) is 0 Å². The fourth-order valence-electron chi connectivity index (χ4n) is 1.67. The first-order chi connectivity index (χ1) is 10.9. The molecule has 0 aliphatic rings. The summed E-state index contributed by atoms with van der Waals surface area (Å²) in [5, 5.41) is 17.8. The van der Waals surface area contributed by atoms with Crippen molar-refractivity contribution in [3.8, 4) is 0 Å². The number of carboxylic acid groups (broad SMARTS) is 1. The molecule has 1 aromatic carbocycles. The number of carbonyl (C=O) groups excluding carboxylic acids is 1. The van der Waals surface area contributed by atoms with Gasteiger partial charge in [0, 0.05) is 6.42 Å². The number of esters is 1. The number of nitrogens with zero attached hydrogens (tertiary/aromatic N) is 1. The number of hydrogen-bond acceptors (Lipinski definition) is 7. The largest absolute Gasteiger partial charge is 0.480 e. The third kappa shape index (κ3) is 7.77.